The van der Waals surface area contributed by atoms with Gasteiger partial charge in [-0.15, -0.1) is 11.5 Å². The van der Waals surface area contributed by atoms with E-state index in [1.807, 2.05) is 54.5 Å². The molecule has 6 amide bonds. The molecule has 0 spiro atoms. The molecule has 9 rings (SSSR count). The largest absolute Gasteiger partial charge is 0.457 e. The normalized spacial score (nSPS) is 24.4. The standard InChI is InChI=1S/C32H40N8O6.C29H36N8O5.C3H4O.CH4/c1-19-29(43)40-12-5-6-27(37-40)30(44)46-20(2)21-7-8-22-16-33-24(15-23(22)14-21)9-11-32(3,4)31(45)35-26(28(42)34-19)10-13-39-17-25(18-41)36-38-39;1-17-26(39)37-13-5-6-24(35-37)27(40)42-18(2)19-7-8-20-16-31-22(15-21(20)14-19)9-11-29(3,4)28(41)34-23(25(38)33-17)10-12-32-36-30;1-2-3-4;/h7-9,11,14-17,19-20,26-27,37,41H,5-6,10,12-13,18H2,1-4H3,(H,34,42)(H,35,45);7-9,11,14-18,23-24,35H,5-6,10,12-13H2,1-4H3,(H,33,38)(H,34,41);1,4H,3H2;1H4/b2*11-9+;;/t19-,20+,26-,27-;17-,18+,23-,24-;;/m00../s1. The smallest absolute Gasteiger partial charge is 0.325 e. The number of hydrazine groups is 2. The molecule has 8 atom stereocenters. The lowest BCUT2D eigenvalue weighted by Crippen LogP contribution is -2.60. The highest BCUT2D eigenvalue weighted by Gasteiger charge is 2.37. The zero-order chi connectivity index (χ0) is 66.9. The van der Waals surface area contributed by atoms with Gasteiger partial charge in [-0.25, -0.2) is 10.9 Å². The van der Waals surface area contributed by atoms with E-state index in [0.717, 1.165) is 32.7 Å². The van der Waals surface area contributed by atoms with Crippen molar-refractivity contribution in [2.45, 2.75) is 163 Å². The van der Waals surface area contributed by atoms with Crippen LogP contribution >= 0.6 is 0 Å². The first-order chi connectivity index (χ1) is 43.8. The number of benzene rings is 2. The molecule has 4 aliphatic heterocycles. The SMILES string of the molecule is C.C#CCO.C[C@@H]1NC(=O)[C@H](CCN=[N+]=[N-])NC(=O)C(C)(C)/C=C/c2cc3cc(ccc3cn2)[C@@H](C)OC(=O)[C@@H]2CCCN(N2)C1=O.C[C@@H]1NC(=O)[C@H](CCn2cc(CO)nn2)NC(=O)C(C)(C)/C=C/c2cc3cc(ccc3cn2)[C@@H](C)OC(=O)[C@@H]2CCCN(N2)C1=O. The summed E-state index contributed by atoms with van der Waals surface area (Å²) < 4.78 is 13.1. The minimum absolute atomic E-state index is 0. The van der Waals surface area contributed by atoms with Gasteiger partial charge in [0, 0.05) is 54.3 Å². The lowest BCUT2D eigenvalue weighted by Gasteiger charge is -2.35. The Bertz CT molecular complexity index is 3690. The van der Waals surface area contributed by atoms with Crippen LogP contribution in [0.2, 0.25) is 0 Å². The topological polar surface area (TPSA) is 379 Å². The Balaban J connectivity index is 0.000000277. The van der Waals surface area contributed by atoms with Crippen molar-refractivity contribution in [1.29, 1.82) is 0 Å². The van der Waals surface area contributed by atoms with E-state index in [4.69, 9.17) is 20.1 Å². The molecule has 28 heteroatoms. The molecule has 4 aliphatic rings. The molecule has 7 heterocycles. The maximum atomic E-state index is 13.6. The number of nitrogens with zero attached hydrogens (tertiary/aromatic N) is 10. The molecule has 28 nitrogen and oxygen atoms in total. The molecule has 2 saturated heterocycles. The Kier molecular flexibility index (Phi) is 25.8. The van der Waals surface area contributed by atoms with E-state index in [0.29, 0.717) is 55.9 Å². The molecule has 0 radical (unpaired) electrons. The van der Waals surface area contributed by atoms with Crippen LogP contribution in [0.25, 0.3) is 44.1 Å². The van der Waals surface area contributed by atoms with Crippen molar-refractivity contribution in [1.82, 2.24) is 67.1 Å². The van der Waals surface area contributed by atoms with E-state index < -0.39 is 107 Å². The van der Waals surface area contributed by atoms with Gasteiger partial charge in [-0.05, 0) is 158 Å². The Labute approximate surface area is 539 Å². The number of azide groups is 1. The van der Waals surface area contributed by atoms with E-state index in [9.17, 15) is 43.5 Å². The number of aliphatic hydroxyl groups is 2. The number of aliphatic hydroxyl groups excluding tert-OH is 2. The molecule has 3 aromatic heterocycles. The van der Waals surface area contributed by atoms with E-state index in [1.54, 1.807) is 91.4 Å². The third-order valence-electron chi connectivity index (χ3n) is 15.8. The third kappa shape index (κ3) is 19.7. The van der Waals surface area contributed by atoms with Crippen LogP contribution in [0.4, 0.5) is 0 Å². The van der Waals surface area contributed by atoms with Gasteiger partial charge in [0.2, 0.25) is 23.6 Å². The molecule has 93 heavy (non-hydrogen) atoms. The first kappa shape index (κ1) is 72.4. The number of ether oxygens (including phenoxy) is 2. The Morgan fingerprint density at radius 2 is 1.13 bits per heavy atom. The van der Waals surface area contributed by atoms with Crippen LogP contribution < -0.4 is 32.1 Å². The van der Waals surface area contributed by atoms with Crippen LogP contribution in [-0.4, -0.2) is 155 Å². The number of carbonyl (C=O) groups excluding carboxylic acids is 8. The molecule has 8 N–H and O–H groups in total. The Hall–Kier alpha value is -9.65. The summed E-state index contributed by atoms with van der Waals surface area (Å²) in [4.78, 5) is 118. The number of fused-ring (bicyclic) bond motifs is 8. The number of esters is 2. The number of rotatable bonds is 7. The van der Waals surface area contributed by atoms with E-state index in [-0.39, 0.29) is 46.6 Å². The zero-order valence-electron chi connectivity index (χ0n) is 52.8. The summed E-state index contributed by atoms with van der Waals surface area (Å²) in [6.45, 7) is 14.0. The number of nitrogens with one attached hydrogen (secondary N) is 6. The van der Waals surface area contributed by atoms with Crippen LogP contribution in [0, 0.1) is 23.2 Å². The van der Waals surface area contributed by atoms with Gasteiger partial charge in [0.05, 0.1) is 35.0 Å². The maximum absolute atomic E-state index is 13.6. The number of amides is 6. The van der Waals surface area contributed by atoms with Crippen LogP contribution in [0.5, 0.6) is 0 Å². The molecular weight excluding hydrogens is 1200 g/mol. The van der Waals surface area contributed by atoms with Crippen LogP contribution in [0.3, 0.4) is 0 Å². The second kappa shape index (κ2) is 33.1. The highest BCUT2D eigenvalue weighted by molar-refractivity contribution is 5.95. The number of hydrogen-bond donors (Lipinski definition) is 8. The van der Waals surface area contributed by atoms with Gasteiger partial charge in [-0.2, -0.15) is 0 Å². The fourth-order valence-corrected chi connectivity index (χ4v) is 10.1. The molecule has 0 aliphatic carbocycles. The number of cyclic esters (lactones) is 2. The van der Waals surface area contributed by atoms with Gasteiger partial charge in [-0.1, -0.05) is 60.1 Å². The minimum Gasteiger partial charge on any atom is -0.457 e. The number of terminal acetylenes is 1. The summed E-state index contributed by atoms with van der Waals surface area (Å²) in [5, 5.41) is 45.5. The van der Waals surface area contributed by atoms with Crippen molar-refractivity contribution in [3.05, 3.63) is 118 Å². The van der Waals surface area contributed by atoms with Gasteiger partial charge in [0.15, 0.2) is 0 Å². The van der Waals surface area contributed by atoms with Gasteiger partial charge in [-0.3, -0.25) is 63.0 Å². The van der Waals surface area contributed by atoms with Crippen molar-refractivity contribution < 1.29 is 58.0 Å². The predicted molar refractivity (Wildman–Crippen MR) is 345 cm³/mol. The quantitative estimate of drug-likeness (QED) is 0.0354. The predicted octanol–water partition coefficient (Wildman–Crippen LogP) is 4.88. The summed E-state index contributed by atoms with van der Waals surface area (Å²) in [7, 11) is 0. The monoisotopic (exact) mass is 1280 g/mol. The Morgan fingerprint density at radius 1 is 0.677 bits per heavy atom. The Morgan fingerprint density at radius 3 is 1.55 bits per heavy atom. The van der Waals surface area contributed by atoms with Crippen molar-refractivity contribution in [3.63, 3.8) is 0 Å². The van der Waals surface area contributed by atoms with E-state index in [1.165, 1.54) is 21.6 Å². The minimum atomic E-state index is -1.06. The van der Waals surface area contributed by atoms with Crippen LogP contribution in [-0.2, 0) is 61.0 Å². The van der Waals surface area contributed by atoms with Gasteiger partial charge >= 0.3 is 11.9 Å². The lowest BCUT2D eigenvalue weighted by atomic mass is 9.90. The molecule has 2 fully saturated rings. The first-order valence-corrected chi connectivity index (χ1v) is 30.3. The van der Waals surface area contributed by atoms with Gasteiger partial charge in [0.1, 0.15) is 60.8 Å². The molecule has 496 valence electrons. The molecular formula is C65H84N16O12. The molecule has 0 saturated carbocycles. The number of pyridine rings is 2. The highest BCUT2D eigenvalue weighted by Crippen LogP contribution is 2.29. The zero-order valence-corrected chi connectivity index (χ0v) is 52.8. The van der Waals surface area contributed by atoms with Gasteiger partial charge < -0.3 is 41.0 Å². The number of aromatic nitrogens is 5. The fraction of sp³-hybridized carbons (Fsp3) is 0.477. The second-order valence-corrected chi connectivity index (χ2v) is 23.9. The van der Waals surface area contributed by atoms with Crippen LogP contribution in [0.15, 0.2) is 84.4 Å². The van der Waals surface area contributed by atoms with Crippen molar-refractivity contribution in [2.24, 2.45) is 15.9 Å². The maximum Gasteiger partial charge on any atom is 0.325 e. The molecule has 10 bridgehead atoms. The van der Waals surface area contributed by atoms with Crippen molar-refractivity contribution in [2.75, 3.05) is 26.2 Å². The summed E-state index contributed by atoms with van der Waals surface area (Å²) in [5.74, 6) is -1.85. The van der Waals surface area contributed by atoms with Crippen LogP contribution in [0.1, 0.15) is 142 Å². The number of carbonyl (C=O) groups is 8. The number of hydrogen-bond acceptors (Lipinski definition) is 19. The fourth-order valence-electron chi connectivity index (χ4n) is 10.1. The first-order valence-electron chi connectivity index (χ1n) is 30.3. The van der Waals surface area contributed by atoms with Crippen molar-refractivity contribution in [3.8, 4) is 12.3 Å². The molecule has 5 aromatic rings. The van der Waals surface area contributed by atoms with Crippen molar-refractivity contribution >= 4 is 81.1 Å². The third-order valence-corrected chi connectivity index (χ3v) is 15.8. The summed E-state index contributed by atoms with van der Waals surface area (Å²) >= 11 is 0. The second-order valence-electron chi connectivity index (χ2n) is 23.9. The number of aryl methyl sites for hydroxylation is 1. The van der Waals surface area contributed by atoms with E-state index >= 15 is 0 Å². The lowest BCUT2D eigenvalue weighted by molar-refractivity contribution is -0.158. The van der Waals surface area contributed by atoms with E-state index in [2.05, 4.69) is 68.8 Å². The molecule has 2 aromatic carbocycles. The highest BCUT2D eigenvalue weighted by atomic mass is 16.5. The summed E-state index contributed by atoms with van der Waals surface area (Å²) in [5.41, 5.74) is 15.8. The summed E-state index contributed by atoms with van der Waals surface area (Å²) in [6, 6.07) is 9.75. The molecule has 0 unspecified atom stereocenters. The summed E-state index contributed by atoms with van der Waals surface area (Å²) in [6.07, 6.45) is 17.6. The van der Waals surface area contributed by atoms with Gasteiger partial charge in [0.25, 0.3) is 11.8 Å². The average Bonchev–Trinajstić information content (AvgIpc) is 1.27. The average molecular weight is 1280 g/mol.